The van der Waals surface area contributed by atoms with Gasteiger partial charge in [0.2, 0.25) is 0 Å². The molecule has 0 spiro atoms. The number of rotatable bonds is 4. The largest absolute Gasteiger partial charge is 0.480 e. The third kappa shape index (κ3) is 2.93. The smallest absolute Gasteiger partial charge is 0.324 e. The molecule has 0 saturated heterocycles. The Bertz CT molecular complexity index is 358. The number of hydrogen-bond donors (Lipinski definition) is 3. The van der Waals surface area contributed by atoms with Crippen LogP contribution in [0.25, 0.3) is 0 Å². The van der Waals surface area contributed by atoms with Crippen molar-refractivity contribution < 1.29 is 18.3 Å². The normalized spacial score (nSPS) is 31.2. The predicted molar refractivity (Wildman–Crippen MR) is 59.1 cm³/mol. The minimum absolute atomic E-state index is 0.338. The van der Waals surface area contributed by atoms with E-state index < -0.39 is 21.7 Å². The zero-order valence-electron chi connectivity index (χ0n) is 9.49. The van der Waals surface area contributed by atoms with Crippen LogP contribution in [0.4, 0.5) is 0 Å². The first-order valence-corrected chi connectivity index (χ1v) is 6.75. The predicted octanol–water partition coefficient (Wildman–Crippen LogP) is 0.0737. The highest BCUT2D eigenvalue weighted by molar-refractivity contribution is 7.87. The van der Waals surface area contributed by atoms with Gasteiger partial charge in [0.15, 0.2) is 0 Å². The average molecular weight is 250 g/mol. The summed E-state index contributed by atoms with van der Waals surface area (Å²) in [5, 5.41) is 9.18. The lowest BCUT2D eigenvalue weighted by atomic mass is 9.78. The Labute approximate surface area is 95.6 Å². The van der Waals surface area contributed by atoms with E-state index in [4.69, 9.17) is 0 Å². The van der Waals surface area contributed by atoms with E-state index in [0.717, 1.165) is 12.8 Å². The summed E-state index contributed by atoms with van der Waals surface area (Å²) in [5.74, 6) is -0.648. The first-order chi connectivity index (χ1) is 7.31. The zero-order valence-corrected chi connectivity index (χ0v) is 10.3. The highest BCUT2D eigenvalue weighted by atomic mass is 32.2. The molecule has 0 bridgehead atoms. The quantitative estimate of drug-likeness (QED) is 0.658. The second-order valence-corrected chi connectivity index (χ2v) is 6.00. The first-order valence-electron chi connectivity index (χ1n) is 5.27. The standard InChI is InChI=1S/C9H18N2O4S/c1-7-3-5-9(6-4-7,8(12)13)11-16(14,15)10-2/h7,10-11H,3-6H2,1-2H3,(H,12,13). The lowest BCUT2D eigenvalue weighted by molar-refractivity contribution is -0.145. The van der Waals surface area contributed by atoms with Gasteiger partial charge in [-0.25, -0.2) is 4.72 Å². The number of carbonyl (C=O) groups is 1. The van der Waals surface area contributed by atoms with Gasteiger partial charge in [0.05, 0.1) is 0 Å². The van der Waals surface area contributed by atoms with E-state index in [-0.39, 0.29) is 0 Å². The van der Waals surface area contributed by atoms with Crippen LogP contribution in [0.5, 0.6) is 0 Å². The van der Waals surface area contributed by atoms with Crippen LogP contribution in [-0.2, 0) is 15.0 Å². The van der Waals surface area contributed by atoms with E-state index >= 15 is 0 Å². The number of nitrogens with one attached hydrogen (secondary N) is 2. The minimum Gasteiger partial charge on any atom is -0.480 e. The Morgan fingerprint density at radius 3 is 2.25 bits per heavy atom. The van der Waals surface area contributed by atoms with Crippen molar-refractivity contribution in [3.63, 3.8) is 0 Å². The maximum absolute atomic E-state index is 11.4. The van der Waals surface area contributed by atoms with Crippen LogP contribution in [0.15, 0.2) is 0 Å². The van der Waals surface area contributed by atoms with E-state index in [2.05, 4.69) is 9.44 Å². The third-order valence-electron chi connectivity index (χ3n) is 3.14. The molecule has 1 saturated carbocycles. The lowest BCUT2D eigenvalue weighted by Gasteiger charge is -2.35. The van der Waals surface area contributed by atoms with Gasteiger partial charge in [0, 0.05) is 7.05 Å². The van der Waals surface area contributed by atoms with Crippen LogP contribution in [-0.4, -0.2) is 32.1 Å². The summed E-state index contributed by atoms with van der Waals surface area (Å²) in [6.07, 6.45) is 2.12. The maximum Gasteiger partial charge on any atom is 0.324 e. The topological polar surface area (TPSA) is 95.5 Å². The molecule has 6 nitrogen and oxygen atoms in total. The van der Waals surface area contributed by atoms with E-state index in [1.807, 2.05) is 6.92 Å². The molecule has 1 aliphatic rings. The van der Waals surface area contributed by atoms with Crippen molar-refractivity contribution in [1.82, 2.24) is 9.44 Å². The van der Waals surface area contributed by atoms with Crippen molar-refractivity contribution >= 4 is 16.2 Å². The van der Waals surface area contributed by atoms with Crippen molar-refractivity contribution in [3.05, 3.63) is 0 Å². The molecule has 0 unspecified atom stereocenters. The zero-order chi connectivity index (χ0) is 12.4. The molecule has 0 amide bonds. The first kappa shape index (κ1) is 13.4. The van der Waals surface area contributed by atoms with Gasteiger partial charge in [0.1, 0.15) is 5.54 Å². The molecular weight excluding hydrogens is 232 g/mol. The van der Waals surface area contributed by atoms with Gasteiger partial charge in [-0.2, -0.15) is 13.1 Å². The fourth-order valence-electron chi connectivity index (χ4n) is 1.92. The monoisotopic (exact) mass is 250 g/mol. The molecule has 94 valence electrons. The molecule has 1 fully saturated rings. The summed E-state index contributed by atoms with van der Waals surface area (Å²) in [7, 11) is -2.47. The van der Waals surface area contributed by atoms with Crippen LogP contribution in [0.1, 0.15) is 32.6 Å². The Kier molecular flexibility index (Phi) is 3.92. The van der Waals surface area contributed by atoms with Gasteiger partial charge >= 0.3 is 5.97 Å². The van der Waals surface area contributed by atoms with Crippen molar-refractivity contribution in [2.45, 2.75) is 38.1 Å². The molecular formula is C9H18N2O4S. The Morgan fingerprint density at radius 1 is 1.38 bits per heavy atom. The molecule has 16 heavy (non-hydrogen) atoms. The number of aliphatic carboxylic acids is 1. The number of hydrogen-bond acceptors (Lipinski definition) is 3. The van der Waals surface area contributed by atoms with Crippen LogP contribution >= 0.6 is 0 Å². The molecule has 1 rings (SSSR count). The fraction of sp³-hybridized carbons (Fsp3) is 0.889. The Morgan fingerprint density at radius 2 is 1.88 bits per heavy atom. The van der Waals surface area contributed by atoms with Gasteiger partial charge in [-0.05, 0) is 31.6 Å². The summed E-state index contributed by atoms with van der Waals surface area (Å²) in [6, 6.07) is 0. The molecule has 3 N–H and O–H groups in total. The molecule has 0 aromatic heterocycles. The van der Waals surface area contributed by atoms with Gasteiger partial charge in [-0.1, -0.05) is 6.92 Å². The molecule has 7 heteroatoms. The van der Waals surface area contributed by atoms with Gasteiger partial charge in [-0.15, -0.1) is 0 Å². The molecule has 0 radical (unpaired) electrons. The van der Waals surface area contributed by atoms with Crippen molar-refractivity contribution in [3.8, 4) is 0 Å². The average Bonchev–Trinajstić information content (AvgIpc) is 2.21. The van der Waals surface area contributed by atoms with E-state index in [1.165, 1.54) is 7.05 Å². The second kappa shape index (κ2) is 4.68. The van der Waals surface area contributed by atoms with E-state index in [0.29, 0.717) is 18.8 Å². The van der Waals surface area contributed by atoms with E-state index in [1.54, 1.807) is 0 Å². The molecule has 0 aromatic carbocycles. The van der Waals surface area contributed by atoms with Crippen molar-refractivity contribution in [2.24, 2.45) is 5.92 Å². The molecule has 0 atom stereocenters. The van der Waals surface area contributed by atoms with Crippen LogP contribution in [0.3, 0.4) is 0 Å². The SMILES string of the molecule is CNS(=O)(=O)NC1(C(=O)O)CCC(C)CC1. The summed E-state index contributed by atoms with van der Waals surface area (Å²) in [5.41, 5.74) is -1.34. The van der Waals surface area contributed by atoms with Crippen molar-refractivity contribution in [2.75, 3.05) is 7.05 Å². The minimum atomic E-state index is -3.72. The van der Waals surface area contributed by atoms with E-state index in [9.17, 15) is 18.3 Å². The van der Waals surface area contributed by atoms with Crippen LogP contribution < -0.4 is 9.44 Å². The number of carboxylic acid groups (broad SMARTS) is 1. The van der Waals surface area contributed by atoms with Gasteiger partial charge < -0.3 is 5.11 Å². The summed E-state index contributed by atoms with van der Waals surface area (Å²) in [4.78, 5) is 11.2. The Hall–Kier alpha value is -0.660. The highest BCUT2D eigenvalue weighted by Crippen LogP contribution is 2.32. The summed E-state index contributed by atoms with van der Waals surface area (Å²) < 4.78 is 27.1. The molecule has 1 aliphatic carbocycles. The lowest BCUT2D eigenvalue weighted by Crippen LogP contribution is -2.58. The number of carboxylic acids is 1. The second-order valence-electron chi connectivity index (χ2n) is 4.38. The van der Waals surface area contributed by atoms with Crippen LogP contribution in [0.2, 0.25) is 0 Å². The third-order valence-corrected chi connectivity index (χ3v) is 4.33. The molecule has 0 heterocycles. The Balaban J connectivity index is 2.87. The fourth-order valence-corrected chi connectivity index (χ4v) is 2.83. The van der Waals surface area contributed by atoms with Gasteiger partial charge in [-0.3, -0.25) is 4.79 Å². The van der Waals surface area contributed by atoms with Gasteiger partial charge in [0.25, 0.3) is 10.2 Å². The van der Waals surface area contributed by atoms with Crippen LogP contribution in [0, 0.1) is 5.92 Å². The maximum atomic E-state index is 11.4. The summed E-state index contributed by atoms with van der Waals surface area (Å²) in [6.45, 7) is 2.04. The molecule has 0 aromatic rings. The highest BCUT2D eigenvalue weighted by Gasteiger charge is 2.43. The summed E-state index contributed by atoms with van der Waals surface area (Å²) >= 11 is 0. The van der Waals surface area contributed by atoms with Crippen molar-refractivity contribution in [1.29, 1.82) is 0 Å². The molecule has 0 aliphatic heterocycles.